The molecule has 3 N–H and O–H groups in total. The zero-order valence-electron chi connectivity index (χ0n) is 8.69. The van der Waals surface area contributed by atoms with Gasteiger partial charge in [0.15, 0.2) is 5.75 Å². The van der Waals surface area contributed by atoms with Gasteiger partial charge in [0.25, 0.3) is 0 Å². The first kappa shape index (κ1) is 13.0. The normalized spacial score (nSPS) is 10.7. The van der Waals surface area contributed by atoms with Crippen LogP contribution in [-0.4, -0.2) is 26.2 Å². The number of aromatic hydroxyl groups is 2. The molecule has 0 aliphatic rings. The molecule has 0 spiro atoms. The van der Waals surface area contributed by atoms with Gasteiger partial charge in [-0.2, -0.15) is 5.26 Å². The van der Waals surface area contributed by atoms with Crippen LogP contribution in [0.4, 0.5) is 5.69 Å². The lowest BCUT2D eigenvalue weighted by Gasteiger charge is -2.01. The first-order chi connectivity index (χ1) is 8.36. The van der Waals surface area contributed by atoms with Gasteiger partial charge in [-0.3, -0.25) is 10.1 Å². The third kappa shape index (κ3) is 2.53. The second kappa shape index (κ2) is 4.84. The highest BCUT2D eigenvalue weighted by molar-refractivity contribution is 5.96. The van der Waals surface area contributed by atoms with Crippen molar-refractivity contribution in [3.05, 3.63) is 33.4 Å². The van der Waals surface area contributed by atoms with Crippen LogP contribution in [0.25, 0.3) is 6.08 Å². The molecule has 0 aromatic heterocycles. The number of carboxylic acids is 1. The van der Waals surface area contributed by atoms with E-state index in [2.05, 4.69) is 0 Å². The highest BCUT2D eigenvalue weighted by Crippen LogP contribution is 2.36. The van der Waals surface area contributed by atoms with Gasteiger partial charge in [0.2, 0.25) is 5.75 Å². The molecule has 0 bridgehead atoms. The molecule has 92 valence electrons. The quantitative estimate of drug-likeness (QED) is 0.238. The van der Waals surface area contributed by atoms with Crippen molar-refractivity contribution >= 4 is 17.7 Å². The smallest absolute Gasteiger partial charge is 0.346 e. The summed E-state index contributed by atoms with van der Waals surface area (Å²) in [6.07, 6.45) is 0.842. The summed E-state index contributed by atoms with van der Waals surface area (Å²) in [5.41, 5.74) is -1.53. The van der Waals surface area contributed by atoms with Gasteiger partial charge in [0.05, 0.1) is 4.92 Å². The first-order valence-corrected chi connectivity index (χ1v) is 4.42. The van der Waals surface area contributed by atoms with Gasteiger partial charge in [0.1, 0.15) is 11.6 Å². The number of nitro groups is 1. The van der Waals surface area contributed by atoms with Crippen molar-refractivity contribution in [3.8, 4) is 17.6 Å². The molecule has 1 aromatic rings. The maximum atomic E-state index is 10.6. The number of nitriles is 1. The molecular weight excluding hydrogens is 244 g/mol. The van der Waals surface area contributed by atoms with Crippen LogP contribution in [-0.2, 0) is 4.79 Å². The summed E-state index contributed by atoms with van der Waals surface area (Å²) in [5, 5.41) is 46.1. The van der Waals surface area contributed by atoms with Crippen LogP contribution < -0.4 is 0 Å². The summed E-state index contributed by atoms with van der Waals surface area (Å²) in [6.45, 7) is 0. The van der Waals surface area contributed by atoms with Crippen molar-refractivity contribution in [1.82, 2.24) is 0 Å². The Morgan fingerprint density at radius 2 is 2.06 bits per heavy atom. The Hall–Kier alpha value is -3.08. The van der Waals surface area contributed by atoms with Crippen LogP contribution in [0.15, 0.2) is 17.7 Å². The number of phenolic OH excluding ortho intramolecular Hbond substituents is 2. The van der Waals surface area contributed by atoms with E-state index in [1.165, 1.54) is 6.07 Å². The van der Waals surface area contributed by atoms with E-state index < -0.39 is 33.7 Å². The molecule has 0 fully saturated rings. The fraction of sp³-hybridized carbons (Fsp3) is 0. The molecule has 0 radical (unpaired) electrons. The number of carbonyl (C=O) groups is 1. The molecule has 1 rings (SSSR count). The topological polar surface area (TPSA) is 145 Å². The first-order valence-electron chi connectivity index (χ1n) is 4.42. The van der Waals surface area contributed by atoms with Gasteiger partial charge >= 0.3 is 11.7 Å². The minimum Gasteiger partial charge on any atom is -0.504 e. The molecule has 0 saturated carbocycles. The van der Waals surface area contributed by atoms with Gasteiger partial charge in [-0.1, -0.05) is 0 Å². The lowest BCUT2D eigenvalue weighted by Crippen LogP contribution is -1.97. The summed E-state index contributed by atoms with van der Waals surface area (Å²) in [7, 11) is 0. The van der Waals surface area contributed by atoms with Crippen molar-refractivity contribution in [1.29, 1.82) is 5.26 Å². The molecule has 0 saturated heterocycles. The summed E-state index contributed by atoms with van der Waals surface area (Å²) < 4.78 is 0. The minimum atomic E-state index is -1.51. The van der Waals surface area contributed by atoms with Gasteiger partial charge in [-0.05, 0) is 17.7 Å². The van der Waals surface area contributed by atoms with Gasteiger partial charge in [-0.15, -0.1) is 0 Å². The average Bonchev–Trinajstić information content (AvgIpc) is 2.29. The number of aliphatic carboxylic acids is 1. The van der Waals surface area contributed by atoms with Crippen LogP contribution in [0.2, 0.25) is 0 Å². The lowest BCUT2D eigenvalue weighted by molar-refractivity contribution is -0.386. The SMILES string of the molecule is N#C/C(=C\c1cc(O)c(O)c([N+](=O)[O-])c1)C(=O)O. The van der Waals surface area contributed by atoms with Crippen molar-refractivity contribution in [3.63, 3.8) is 0 Å². The van der Waals surface area contributed by atoms with E-state index in [0.29, 0.717) is 0 Å². The molecule has 0 amide bonds. The molecule has 8 nitrogen and oxygen atoms in total. The Balaban J connectivity index is 3.41. The summed E-state index contributed by atoms with van der Waals surface area (Å²) >= 11 is 0. The number of hydrogen-bond acceptors (Lipinski definition) is 6. The van der Waals surface area contributed by atoms with E-state index in [4.69, 9.17) is 10.4 Å². The van der Waals surface area contributed by atoms with Crippen LogP contribution in [0.5, 0.6) is 11.5 Å². The van der Waals surface area contributed by atoms with Crippen LogP contribution in [0.1, 0.15) is 5.56 Å². The average molecular weight is 250 g/mol. The van der Waals surface area contributed by atoms with Crippen LogP contribution in [0, 0.1) is 21.4 Å². The highest BCUT2D eigenvalue weighted by Gasteiger charge is 2.19. The molecular formula is C10H6N2O6. The molecule has 0 unspecified atom stereocenters. The van der Waals surface area contributed by atoms with Gasteiger partial charge in [-0.25, -0.2) is 4.79 Å². The Kier molecular flexibility index (Phi) is 3.49. The van der Waals surface area contributed by atoms with Crippen LogP contribution in [0.3, 0.4) is 0 Å². The third-order valence-corrected chi connectivity index (χ3v) is 1.95. The number of carboxylic acid groups (broad SMARTS) is 1. The Bertz CT molecular complexity index is 599. The number of nitrogens with zero attached hydrogens (tertiary/aromatic N) is 2. The number of benzene rings is 1. The largest absolute Gasteiger partial charge is 0.504 e. The molecule has 1 aromatic carbocycles. The second-order valence-corrected chi connectivity index (χ2v) is 3.14. The van der Waals surface area contributed by atoms with Crippen molar-refractivity contribution in [2.45, 2.75) is 0 Å². The van der Waals surface area contributed by atoms with Crippen LogP contribution >= 0.6 is 0 Å². The predicted molar refractivity (Wildman–Crippen MR) is 57.7 cm³/mol. The predicted octanol–water partition coefficient (Wildman–Crippen LogP) is 0.998. The van der Waals surface area contributed by atoms with E-state index in [1.54, 1.807) is 0 Å². The molecule has 0 atom stereocenters. The monoisotopic (exact) mass is 250 g/mol. The van der Waals surface area contributed by atoms with E-state index in [-0.39, 0.29) is 5.56 Å². The zero-order valence-corrected chi connectivity index (χ0v) is 8.69. The van der Waals surface area contributed by atoms with E-state index >= 15 is 0 Å². The molecule has 0 aliphatic heterocycles. The van der Waals surface area contributed by atoms with Gasteiger partial charge in [0, 0.05) is 6.07 Å². The van der Waals surface area contributed by atoms with E-state index in [1.807, 2.05) is 0 Å². The second-order valence-electron chi connectivity index (χ2n) is 3.14. The fourth-order valence-electron chi connectivity index (χ4n) is 1.16. The number of phenols is 2. The number of nitro benzene ring substituents is 1. The zero-order chi connectivity index (χ0) is 13.9. The number of hydrogen-bond donors (Lipinski definition) is 3. The van der Waals surface area contributed by atoms with Gasteiger partial charge < -0.3 is 15.3 Å². The van der Waals surface area contributed by atoms with Crippen molar-refractivity contribution < 1.29 is 25.0 Å². The fourth-order valence-corrected chi connectivity index (χ4v) is 1.16. The Morgan fingerprint density at radius 3 is 2.50 bits per heavy atom. The van der Waals surface area contributed by atoms with Crippen molar-refractivity contribution in [2.24, 2.45) is 0 Å². The standard InChI is InChI=1S/C10H6N2O6/c11-4-6(10(15)16)1-5-2-7(12(17)18)9(14)8(13)3-5/h1-3,13-14H,(H,15,16)/b6-1+. The van der Waals surface area contributed by atoms with E-state index in [9.17, 15) is 25.1 Å². The summed E-state index contributed by atoms with van der Waals surface area (Å²) in [6, 6.07) is 3.13. The number of rotatable bonds is 3. The Labute approximate surface area is 99.8 Å². The highest BCUT2D eigenvalue weighted by atomic mass is 16.6. The summed E-state index contributed by atoms with van der Waals surface area (Å²) in [4.78, 5) is 20.2. The molecule has 0 aliphatic carbocycles. The summed E-state index contributed by atoms with van der Waals surface area (Å²) in [5.74, 6) is -3.21. The maximum Gasteiger partial charge on any atom is 0.346 e. The van der Waals surface area contributed by atoms with E-state index in [0.717, 1.165) is 18.2 Å². The molecule has 0 heterocycles. The lowest BCUT2D eigenvalue weighted by atomic mass is 10.1. The Morgan fingerprint density at radius 1 is 1.44 bits per heavy atom. The van der Waals surface area contributed by atoms with Crippen molar-refractivity contribution in [2.75, 3.05) is 0 Å². The minimum absolute atomic E-state index is 0.0871. The third-order valence-electron chi connectivity index (χ3n) is 1.95. The molecule has 18 heavy (non-hydrogen) atoms. The molecule has 8 heteroatoms. The maximum absolute atomic E-state index is 10.6.